The maximum atomic E-state index is 8.50. The van der Waals surface area contributed by atoms with Crippen LogP contribution in [-0.2, 0) is 0 Å². The topological polar surface area (TPSA) is 47.6 Å². The average molecular weight is 134 g/mol. The molecule has 2 nitrogen and oxygen atoms in total. The quantitative estimate of drug-likeness (QED) is 0.436. The number of rotatable bonds is 3. The Morgan fingerprint density at radius 2 is 2.50 bits per heavy atom. The highest BCUT2D eigenvalue weighted by molar-refractivity contribution is 5.10. The van der Waals surface area contributed by atoms with Crippen molar-refractivity contribution in [3.05, 3.63) is 24.8 Å². The van der Waals surface area contributed by atoms with Crippen molar-refractivity contribution in [3.63, 3.8) is 0 Å². The molecule has 0 spiro atoms. The van der Waals surface area contributed by atoms with Crippen molar-refractivity contribution in [2.75, 3.05) is 0 Å². The molecule has 0 aliphatic heterocycles. The molecule has 0 fully saturated rings. The molecule has 0 aliphatic rings. The summed E-state index contributed by atoms with van der Waals surface area (Å²) in [5.41, 5.74) is 0. The van der Waals surface area contributed by atoms with Gasteiger partial charge in [-0.2, -0.15) is 10.5 Å². The lowest BCUT2D eigenvalue weighted by Gasteiger charge is -1.93. The lowest BCUT2D eigenvalue weighted by Crippen LogP contribution is -1.87. The van der Waals surface area contributed by atoms with Gasteiger partial charge in [-0.1, -0.05) is 12.2 Å². The van der Waals surface area contributed by atoms with Gasteiger partial charge in [0.2, 0.25) is 0 Å². The summed E-state index contributed by atoms with van der Waals surface area (Å²) in [6.45, 7) is -0.305. The molecule has 0 aromatic heterocycles. The number of hydrogen-bond donors (Lipinski definition) is 0. The number of allylic oxidation sites excluding steroid dienone is 3. The van der Waals surface area contributed by atoms with E-state index in [4.69, 9.17) is 13.3 Å². The SMILES string of the molecule is [2H]C([2H])=CCC(C#N)/C=C\C#N. The molecule has 0 bridgehead atoms. The van der Waals surface area contributed by atoms with Crippen LogP contribution < -0.4 is 0 Å². The van der Waals surface area contributed by atoms with Gasteiger partial charge in [0.05, 0.1) is 20.8 Å². The van der Waals surface area contributed by atoms with Crippen LogP contribution in [0.15, 0.2) is 24.8 Å². The summed E-state index contributed by atoms with van der Waals surface area (Å²) in [5.74, 6) is -0.407. The minimum Gasteiger partial charge on any atom is -0.198 e. The Morgan fingerprint density at radius 3 is 3.00 bits per heavy atom. The molecular formula is C8H8N2. The molecule has 50 valence electrons. The summed E-state index contributed by atoms with van der Waals surface area (Å²) in [5, 5.41) is 16.7. The summed E-state index contributed by atoms with van der Waals surface area (Å²) in [6.07, 6.45) is 4.33. The fraction of sp³-hybridized carbons (Fsp3) is 0.250. The predicted molar refractivity (Wildman–Crippen MR) is 38.7 cm³/mol. The van der Waals surface area contributed by atoms with Crippen LogP contribution in [0.25, 0.3) is 0 Å². The third kappa shape index (κ3) is 3.46. The van der Waals surface area contributed by atoms with Crippen LogP contribution in [0.2, 0.25) is 0 Å². The fourth-order valence-corrected chi connectivity index (χ4v) is 0.460. The van der Waals surface area contributed by atoms with Gasteiger partial charge in [-0.3, -0.25) is 0 Å². The molecule has 0 aromatic rings. The molecule has 1 atom stereocenters. The van der Waals surface area contributed by atoms with Gasteiger partial charge in [-0.15, -0.1) is 6.53 Å². The van der Waals surface area contributed by atoms with Crippen LogP contribution in [0.3, 0.4) is 0 Å². The molecule has 0 aliphatic carbocycles. The molecule has 0 aromatic carbocycles. The van der Waals surface area contributed by atoms with Crippen molar-refractivity contribution in [2.45, 2.75) is 6.42 Å². The van der Waals surface area contributed by atoms with Crippen molar-refractivity contribution in [1.29, 1.82) is 10.5 Å². The van der Waals surface area contributed by atoms with Crippen LogP contribution in [-0.4, -0.2) is 0 Å². The highest BCUT2D eigenvalue weighted by Crippen LogP contribution is 2.02. The Morgan fingerprint density at radius 1 is 1.70 bits per heavy atom. The van der Waals surface area contributed by atoms with E-state index < -0.39 is 5.92 Å². The first kappa shape index (κ1) is 5.26. The summed E-state index contributed by atoms with van der Waals surface area (Å²) in [7, 11) is 0. The van der Waals surface area contributed by atoms with Crippen molar-refractivity contribution in [3.8, 4) is 12.1 Å². The zero-order valence-corrected chi connectivity index (χ0v) is 5.41. The van der Waals surface area contributed by atoms with Crippen molar-refractivity contribution in [2.24, 2.45) is 5.92 Å². The van der Waals surface area contributed by atoms with Crippen LogP contribution in [0.1, 0.15) is 9.16 Å². The second-order valence-corrected chi connectivity index (χ2v) is 1.66. The van der Waals surface area contributed by atoms with E-state index in [0.717, 1.165) is 0 Å². The van der Waals surface area contributed by atoms with E-state index in [0.29, 0.717) is 6.42 Å². The summed E-state index contributed by atoms with van der Waals surface area (Å²) in [4.78, 5) is 0. The lowest BCUT2D eigenvalue weighted by atomic mass is 10.1. The van der Waals surface area contributed by atoms with E-state index in [-0.39, 0.29) is 6.53 Å². The zero-order chi connectivity index (χ0) is 9.40. The molecule has 2 heteroatoms. The molecule has 1 unspecified atom stereocenters. The number of nitrogens with zero attached hydrogens (tertiary/aromatic N) is 2. The smallest absolute Gasteiger partial charge is 0.0909 e. The van der Waals surface area contributed by atoms with Crippen LogP contribution in [0, 0.1) is 28.6 Å². The van der Waals surface area contributed by atoms with Gasteiger partial charge in [0.25, 0.3) is 0 Å². The van der Waals surface area contributed by atoms with E-state index >= 15 is 0 Å². The minimum absolute atomic E-state index is 0.305. The van der Waals surface area contributed by atoms with Crippen LogP contribution in [0.5, 0.6) is 0 Å². The lowest BCUT2D eigenvalue weighted by molar-refractivity contribution is 0.849. The second-order valence-electron chi connectivity index (χ2n) is 1.66. The highest BCUT2D eigenvalue weighted by Gasteiger charge is 1.96. The maximum absolute atomic E-state index is 8.50. The summed E-state index contributed by atoms with van der Waals surface area (Å²) >= 11 is 0. The Labute approximate surface area is 63.5 Å². The first-order chi connectivity index (χ1) is 5.70. The second kappa shape index (κ2) is 5.59. The Kier molecular flexibility index (Phi) is 2.94. The zero-order valence-electron chi connectivity index (χ0n) is 7.41. The third-order valence-electron chi connectivity index (χ3n) is 0.941. The molecule has 0 heterocycles. The van der Waals surface area contributed by atoms with E-state index in [2.05, 4.69) is 0 Å². The number of nitriles is 2. The van der Waals surface area contributed by atoms with Gasteiger partial charge < -0.3 is 0 Å². The normalized spacial score (nSPS) is 14.2. The Balaban J connectivity index is 4.05. The standard InChI is InChI=1S/C8H8N2/c1-2-4-8(7-10)5-3-6-9/h2-3,5,8H,1,4H2/b5-3-/i1D2. The average Bonchev–Trinajstić information content (AvgIpc) is 2.05. The molecule has 0 saturated heterocycles. The summed E-state index contributed by atoms with van der Waals surface area (Å²) in [6, 6.07) is 3.72. The number of hydrogen-bond acceptors (Lipinski definition) is 2. The first-order valence-corrected chi connectivity index (χ1v) is 2.80. The van der Waals surface area contributed by atoms with Gasteiger partial charge in [0.1, 0.15) is 0 Å². The van der Waals surface area contributed by atoms with Crippen molar-refractivity contribution < 1.29 is 2.74 Å². The van der Waals surface area contributed by atoms with E-state index in [1.165, 1.54) is 18.2 Å². The van der Waals surface area contributed by atoms with E-state index in [9.17, 15) is 0 Å². The Bertz CT molecular complexity index is 264. The maximum Gasteiger partial charge on any atom is 0.0909 e. The molecular weight excluding hydrogens is 124 g/mol. The molecule has 0 radical (unpaired) electrons. The van der Waals surface area contributed by atoms with Gasteiger partial charge in [-0.25, -0.2) is 0 Å². The van der Waals surface area contributed by atoms with Gasteiger partial charge in [-0.05, 0) is 6.42 Å². The molecule has 0 amide bonds. The predicted octanol–water partition coefficient (Wildman–Crippen LogP) is 1.78. The van der Waals surface area contributed by atoms with Crippen molar-refractivity contribution >= 4 is 0 Å². The largest absolute Gasteiger partial charge is 0.198 e. The van der Waals surface area contributed by atoms with E-state index in [1.807, 2.05) is 6.07 Å². The first-order valence-electron chi connectivity index (χ1n) is 3.80. The molecule has 0 rings (SSSR count). The van der Waals surface area contributed by atoms with Crippen molar-refractivity contribution in [1.82, 2.24) is 0 Å². The summed E-state index contributed by atoms with van der Waals surface area (Å²) < 4.78 is 13.5. The van der Waals surface area contributed by atoms with E-state index in [1.54, 1.807) is 6.07 Å². The Hall–Kier alpha value is -1.54. The van der Waals surface area contributed by atoms with Crippen LogP contribution >= 0.6 is 0 Å². The highest BCUT2D eigenvalue weighted by atomic mass is 14.3. The molecule has 10 heavy (non-hydrogen) atoms. The third-order valence-corrected chi connectivity index (χ3v) is 0.941. The monoisotopic (exact) mass is 134 g/mol. The van der Waals surface area contributed by atoms with Gasteiger partial charge >= 0.3 is 0 Å². The molecule has 0 N–H and O–H groups in total. The fourth-order valence-electron chi connectivity index (χ4n) is 0.460. The minimum atomic E-state index is -0.407. The van der Waals surface area contributed by atoms with Crippen LogP contribution in [0.4, 0.5) is 0 Å². The van der Waals surface area contributed by atoms with Gasteiger partial charge in [0.15, 0.2) is 0 Å². The van der Waals surface area contributed by atoms with Gasteiger partial charge in [0, 0.05) is 6.08 Å². The molecule has 0 saturated carbocycles.